The van der Waals surface area contributed by atoms with Gasteiger partial charge in [-0.25, -0.2) is 4.79 Å². The van der Waals surface area contributed by atoms with Crippen LogP contribution in [-0.2, 0) is 6.54 Å². The minimum absolute atomic E-state index is 0.0722. The third kappa shape index (κ3) is 5.65. The van der Waals surface area contributed by atoms with Crippen molar-refractivity contribution in [1.29, 1.82) is 0 Å². The summed E-state index contributed by atoms with van der Waals surface area (Å²) in [5, 5.41) is 18.0. The SMILES string of the molecule is CN(C)CCn1cc(NC(=O)NCCCO)cn1. The normalized spacial score (nSPS) is 10.7. The Balaban J connectivity index is 2.32. The number of amides is 2. The number of likely N-dealkylation sites (N-methyl/N-ethyl adjacent to an activating group) is 1. The lowest BCUT2D eigenvalue weighted by Crippen LogP contribution is -2.29. The average Bonchev–Trinajstić information content (AvgIpc) is 2.74. The molecule has 0 aliphatic heterocycles. The summed E-state index contributed by atoms with van der Waals surface area (Å²) in [7, 11) is 3.99. The lowest BCUT2D eigenvalue weighted by atomic mass is 10.4. The molecule has 0 saturated heterocycles. The molecule has 0 aromatic carbocycles. The van der Waals surface area contributed by atoms with Crippen LogP contribution in [0, 0.1) is 0 Å². The van der Waals surface area contributed by atoms with Crippen molar-refractivity contribution < 1.29 is 9.90 Å². The van der Waals surface area contributed by atoms with E-state index in [-0.39, 0.29) is 12.6 Å². The first kappa shape index (κ1) is 14.5. The summed E-state index contributed by atoms with van der Waals surface area (Å²) in [5.41, 5.74) is 0.662. The molecule has 1 rings (SSSR count). The van der Waals surface area contributed by atoms with Gasteiger partial charge in [0.25, 0.3) is 0 Å². The molecule has 2 amide bonds. The number of carbonyl (C=O) groups is 1. The van der Waals surface area contributed by atoms with Gasteiger partial charge < -0.3 is 20.6 Å². The number of nitrogens with one attached hydrogen (secondary N) is 2. The van der Waals surface area contributed by atoms with Gasteiger partial charge in [0.2, 0.25) is 0 Å². The summed E-state index contributed by atoms with van der Waals surface area (Å²) in [5.74, 6) is 0. The molecule has 1 aromatic heterocycles. The van der Waals surface area contributed by atoms with Gasteiger partial charge in [0, 0.05) is 25.9 Å². The monoisotopic (exact) mass is 255 g/mol. The number of anilines is 1. The molecule has 18 heavy (non-hydrogen) atoms. The van der Waals surface area contributed by atoms with E-state index in [1.165, 1.54) is 0 Å². The summed E-state index contributed by atoms with van der Waals surface area (Å²) in [6.45, 7) is 2.20. The summed E-state index contributed by atoms with van der Waals surface area (Å²) in [6, 6.07) is -0.282. The maximum Gasteiger partial charge on any atom is 0.319 e. The van der Waals surface area contributed by atoms with Gasteiger partial charge in [-0.15, -0.1) is 0 Å². The summed E-state index contributed by atoms with van der Waals surface area (Å²) < 4.78 is 1.78. The maximum absolute atomic E-state index is 11.4. The van der Waals surface area contributed by atoms with E-state index in [1.54, 1.807) is 17.1 Å². The molecule has 0 aliphatic rings. The molecular weight excluding hydrogens is 234 g/mol. The van der Waals surface area contributed by atoms with E-state index in [0.717, 1.165) is 13.1 Å². The fraction of sp³-hybridized carbons (Fsp3) is 0.636. The molecule has 0 spiro atoms. The lowest BCUT2D eigenvalue weighted by Gasteiger charge is -2.08. The van der Waals surface area contributed by atoms with Gasteiger partial charge in [-0.05, 0) is 20.5 Å². The first-order valence-corrected chi connectivity index (χ1v) is 5.94. The molecular formula is C11H21N5O2. The Morgan fingerprint density at radius 3 is 3.00 bits per heavy atom. The zero-order valence-corrected chi connectivity index (χ0v) is 10.9. The van der Waals surface area contributed by atoms with Gasteiger partial charge in [0.15, 0.2) is 0 Å². The van der Waals surface area contributed by atoms with Crippen molar-refractivity contribution in [3.05, 3.63) is 12.4 Å². The highest BCUT2D eigenvalue weighted by Gasteiger charge is 2.03. The Bertz CT molecular complexity index is 364. The molecule has 0 saturated carbocycles. The van der Waals surface area contributed by atoms with Crippen LogP contribution in [0.3, 0.4) is 0 Å². The van der Waals surface area contributed by atoms with Gasteiger partial charge in [-0.2, -0.15) is 5.10 Å². The molecule has 1 heterocycles. The molecule has 0 radical (unpaired) electrons. The Morgan fingerprint density at radius 2 is 2.33 bits per heavy atom. The van der Waals surface area contributed by atoms with Crippen LogP contribution in [0.25, 0.3) is 0 Å². The van der Waals surface area contributed by atoms with Crippen molar-refractivity contribution in [2.45, 2.75) is 13.0 Å². The maximum atomic E-state index is 11.4. The van der Waals surface area contributed by atoms with E-state index < -0.39 is 0 Å². The average molecular weight is 255 g/mol. The molecule has 7 heteroatoms. The minimum Gasteiger partial charge on any atom is -0.396 e. The molecule has 0 fully saturated rings. The van der Waals surface area contributed by atoms with Crippen LogP contribution >= 0.6 is 0 Å². The predicted molar refractivity (Wildman–Crippen MR) is 69.5 cm³/mol. The fourth-order valence-electron chi connectivity index (χ4n) is 1.31. The van der Waals surface area contributed by atoms with Gasteiger partial charge in [0.05, 0.1) is 18.4 Å². The quantitative estimate of drug-likeness (QED) is 0.597. The first-order valence-electron chi connectivity index (χ1n) is 5.94. The van der Waals surface area contributed by atoms with Crippen molar-refractivity contribution in [1.82, 2.24) is 20.0 Å². The van der Waals surface area contributed by atoms with Crippen molar-refractivity contribution in [3.63, 3.8) is 0 Å². The molecule has 0 unspecified atom stereocenters. The van der Waals surface area contributed by atoms with Crippen LogP contribution in [0.1, 0.15) is 6.42 Å². The van der Waals surface area contributed by atoms with Crippen LogP contribution in [0.2, 0.25) is 0 Å². The number of hydrogen-bond acceptors (Lipinski definition) is 4. The Hall–Kier alpha value is -1.60. The molecule has 0 atom stereocenters. The van der Waals surface area contributed by atoms with Gasteiger partial charge in [-0.3, -0.25) is 4.68 Å². The summed E-state index contributed by atoms with van der Waals surface area (Å²) in [4.78, 5) is 13.5. The highest BCUT2D eigenvalue weighted by atomic mass is 16.3. The van der Waals surface area contributed by atoms with Crippen molar-refractivity contribution in [2.75, 3.05) is 39.1 Å². The molecule has 102 valence electrons. The number of hydrogen-bond donors (Lipinski definition) is 3. The minimum atomic E-state index is -0.282. The highest BCUT2D eigenvalue weighted by molar-refractivity contribution is 5.88. The van der Waals surface area contributed by atoms with Crippen LogP contribution in [0.5, 0.6) is 0 Å². The molecule has 0 aliphatic carbocycles. The zero-order chi connectivity index (χ0) is 13.4. The Morgan fingerprint density at radius 1 is 1.56 bits per heavy atom. The molecule has 1 aromatic rings. The Kier molecular flexibility index (Phi) is 6.16. The largest absolute Gasteiger partial charge is 0.396 e. The molecule has 7 nitrogen and oxygen atoms in total. The van der Waals surface area contributed by atoms with Crippen molar-refractivity contribution >= 4 is 11.7 Å². The zero-order valence-electron chi connectivity index (χ0n) is 10.9. The molecule has 0 bridgehead atoms. The van der Waals surface area contributed by atoms with E-state index in [4.69, 9.17) is 5.11 Å². The van der Waals surface area contributed by atoms with E-state index in [2.05, 4.69) is 20.6 Å². The second-order valence-corrected chi connectivity index (χ2v) is 4.25. The van der Waals surface area contributed by atoms with E-state index in [9.17, 15) is 4.79 Å². The third-order valence-corrected chi connectivity index (χ3v) is 2.29. The lowest BCUT2D eigenvalue weighted by molar-refractivity contribution is 0.249. The number of rotatable bonds is 7. The van der Waals surface area contributed by atoms with Gasteiger partial charge in [-0.1, -0.05) is 0 Å². The number of aliphatic hydroxyl groups excluding tert-OH is 1. The van der Waals surface area contributed by atoms with E-state index >= 15 is 0 Å². The Labute approximate surface area is 107 Å². The fourth-order valence-corrected chi connectivity index (χ4v) is 1.31. The third-order valence-electron chi connectivity index (χ3n) is 2.29. The van der Waals surface area contributed by atoms with Gasteiger partial charge >= 0.3 is 6.03 Å². The van der Waals surface area contributed by atoms with Crippen molar-refractivity contribution in [3.8, 4) is 0 Å². The first-order chi connectivity index (χ1) is 8.61. The molecule has 3 N–H and O–H groups in total. The standard InChI is InChI=1S/C11H21N5O2/c1-15(2)5-6-16-9-10(8-13-16)14-11(18)12-4-3-7-17/h8-9,17H,3-7H2,1-2H3,(H2,12,14,18). The summed E-state index contributed by atoms with van der Waals surface area (Å²) >= 11 is 0. The smallest absolute Gasteiger partial charge is 0.319 e. The second-order valence-electron chi connectivity index (χ2n) is 4.25. The number of urea groups is 1. The van der Waals surface area contributed by atoms with Crippen LogP contribution in [-0.4, -0.2) is 59.6 Å². The van der Waals surface area contributed by atoms with E-state index in [0.29, 0.717) is 18.7 Å². The van der Waals surface area contributed by atoms with Gasteiger partial charge in [0.1, 0.15) is 0 Å². The predicted octanol–water partition coefficient (Wildman–Crippen LogP) is -0.0514. The van der Waals surface area contributed by atoms with E-state index in [1.807, 2.05) is 14.1 Å². The number of carbonyl (C=O) groups excluding carboxylic acids is 1. The number of aromatic nitrogens is 2. The van der Waals surface area contributed by atoms with Crippen LogP contribution in [0.4, 0.5) is 10.5 Å². The number of nitrogens with zero attached hydrogens (tertiary/aromatic N) is 3. The topological polar surface area (TPSA) is 82.4 Å². The summed E-state index contributed by atoms with van der Waals surface area (Å²) in [6.07, 6.45) is 3.95. The van der Waals surface area contributed by atoms with Crippen molar-refractivity contribution in [2.24, 2.45) is 0 Å². The second kappa shape index (κ2) is 7.67. The number of aliphatic hydroxyl groups is 1. The highest BCUT2D eigenvalue weighted by Crippen LogP contribution is 2.04. The van der Waals surface area contributed by atoms with Crippen LogP contribution < -0.4 is 10.6 Å². The van der Waals surface area contributed by atoms with Crippen LogP contribution in [0.15, 0.2) is 12.4 Å².